The Hall–Kier alpha value is -1.10. The first-order valence-electron chi connectivity index (χ1n) is 9.97. The van der Waals surface area contributed by atoms with Gasteiger partial charge in [-0.2, -0.15) is 10.2 Å². The fraction of sp³-hybridized carbons (Fsp3) is 0.227. The standard InChI is InChI=1S/C22H24N5O4P.2Na/c1-17(18-8-10-19(11-9-18)21-12-13-24-26(21)2)22(31-32(28,29)30,14-27-16-23-15-25-27)20-6-4-3-5-7-20;;/h3-13,15-17H,14H2,1-2H3,(H2,28,29,30);;/q;2*+1/p-2/t17-,22+;;/m0../s1. The number of aryl methyl sites for hydroxylation is 1. The molecular formula is C22H22N5Na2O4P. The minimum Gasteiger partial charge on any atom is -0.790 e. The van der Waals surface area contributed by atoms with Crippen molar-refractivity contribution in [3.8, 4) is 11.3 Å². The van der Waals surface area contributed by atoms with Crippen molar-refractivity contribution in [1.82, 2.24) is 24.5 Å². The molecule has 12 heteroatoms. The molecule has 166 valence electrons. The first-order chi connectivity index (χ1) is 15.3. The molecule has 0 saturated carbocycles. The van der Waals surface area contributed by atoms with Gasteiger partial charge >= 0.3 is 59.1 Å². The number of hydrogen-bond donors (Lipinski definition) is 0. The molecule has 0 unspecified atom stereocenters. The smallest absolute Gasteiger partial charge is 0.790 e. The summed E-state index contributed by atoms with van der Waals surface area (Å²) in [4.78, 5) is 27.8. The van der Waals surface area contributed by atoms with Crippen molar-refractivity contribution in [3.63, 3.8) is 0 Å². The monoisotopic (exact) mass is 497 g/mol. The van der Waals surface area contributed by atoms with Crippen molar-refractivity contribution in [3.05, 3.63) is 90.6 Å². The molecule has 2 aromatic heterocycles. The molecule has 0 radical (unpaired) electrons. The Kier molecular flexibility index (Phi) is 10.5. The largest absolute Gasteiger partial charge is 1.00 e. The van der Waals surface area contributed by atoms with Crippen LogP contribution in [0, 0.1) is 0 Å². The van der Waals surface area contributed by atoms with Crippen molar-refractivity contribution < 1.29 is 78.0 Å². The Bertz CT molecular complexity index is 1220. The van der Waals surface area contributed by atoms with Gasteiger partial charge in [0, 0.05) is 19.2 Å². The molecule has 0 amide bonds. The summed E-state index contributed by atoms with van der Waals surface area (Å²) in [6.45, 7) is 1.81. The van der Waals surface area contributed by atoms with Crippen LogP contribution in [0.5, 0.6) is 0 Å². The van der Waals surface area contributed by atoms with Gasteiger partial charge in [-0.25, -0.2) is 9.67 Å². The van der Waals surface area contributed by atoms with E-state index in [4.69, 9.17) is 4.52 Å². The molecule has 0 aliphatic carbocycles. The van der Waals surface area contributed by atoms with Gasteiger partial charge in [0.1, 0.15) is 18.3 Å². The topological polar surface area (TPSA) is 121 Å². The molecule has 0 spiro atoms. The summed E-state index contributed by atoms with van der Waals surface area (Å²) in [7, 11) is -3.51. The van der Waals surface area contributed by atoms with Crippen LogP contribution >= 0.6 is 7.82 Å². The molecule has 34 heavy (non-hydrogen) atoms. The summed E-state index contributed by atoms with van der Waals surface area (Å²) in [5.74, 6) is -0.522. The number of benzene rings is 2. The van der Waals surface area contributed by atoms with Crippen molar-refractivity contribution in [1.29, 1.82) is 0 Å². The van der Waals surface area contributed by atoms with Crippen LogP contribution < -0.4 is 68.9 Å². The van der Waals surface area contributed by atoms with E-state index in [0.29, 0.717) is 5.56 Å². The summed E-state index contributed by atoms with van der Waals surface area (Å²) in [5.41, 5.74) is 1.73. The van der Waals surface area contributed by atoms with E-state index in [1.807, 2.05) is 50.4 Å². The van der Waals surface area contributed by atoms with E-state index in [0.717, 1.165) is 16.8 Å². The molecule has 0 N–H and O–H groups in total. The summed E-state index contributed by atoms with van der Waals surface area (Å²) in [6, 6.07) is 18.4. The fourth-order valence-corrected chi connectivity index (χ4v) is 4.70. The molecule has 0 aliphatic rings. The summed E-state index contributed by atoms with van der Waals surface area (Å²) < 4.78 is 20.5. The Labute approximate surface area is 242 Å². The molecule has 4 rings (SSSR count). The van der Waals surface area contributed by atoms with Gasteiger partial charge in [0.25, 0.3) is 0 Å². The third-order valence-corrected chi connectivity index (χ3v) is 6.18. The second-order valence-corrected chi connectivity index (χ2v) is 8.65. The Balaban J connectivity index is 0.00000204. The van der Waals surface area contributed by atoms with E-state index >= 15 is 0 Å². The van der Waals surface area contributed by atoms with Crippen LogP contribution in [0.15, 0.2) is 79.5 Å². The first kappa shape index (κ1) is 29.1. The Morgan fingerprint density at radius 3 is 2.24 bits per heavy atom. The number of rotatable bonds is 8. The quantitative estimate of drug-likeness (QED) is 0.181. The zero-order chi connectivity index (χ0) is 22.8. The van der Waals surface area contributed by atoms with Crippen molar-refractivity contribution in [2.24, 2.45) is 7.05 Å². The average molecular weight is 497 g/mol. The minimum atomic E-state index is -5.37. The maximum absolute atomic E-state index is 11.9. The fourth-order valence-electron chi connectivity index (χ4n) is 3.98. The van der Waals surface area contributed by atoms with E-state index in [1.54, 1.807) is 35.1 Å². The van der Waals surface area contributed by atoms with Crippen molar-refractivity contribution in [2.75, 3.05) is 0 Å². The number of phosphoric ester groups is 1. The summed E-state index contributed by atoms with van der Waals surface area (Å²) >= 11 is 0. The second kappa shape index (κ2) is 12.2. The Morgan fingerprint density at radius 1 is 1.03 bits per heavy atom. The van der Waals surface area contributed by atoms with Crippen LogP contribution in [0.1, 0.15) is 24.0 Å². The van der Waals surface area contributed by atoms with Crippen molar-refractivity contribution >= 4 is 7.82 Å². The van der Waals surface area contributed by atoms with Crippen LogP contribution in [0.25, 0.3) is 11.3 Å². The third-order valence-electron chi connectivity index (χ3n) is 5.63. The van der Waals surface area contributed by atoms with Gasteiger partial charge < -0.3 is 18.9 Å². The zero-order valence-electron chi connectivity index (χ0n) is 19.6. The minimum absolute atomic E-state index is 0. The van der Waals surface area contributed by atoms with E-state index in [-0.39, 0.29) is 65.7 Å². The average Bonchev–Trinajstić information content (AvgIpc) is 3.44. The number of aromatic nitrogens is 5. The SMILES string of the molecule is C[C@@H](c1ccc(-c2ccnn2C)cc1)[C@@](Cn1cncn1)(OP(=O)([O-])[O-])c1ccccc1.[Na+].[Na+]. The second-order valence-electron chi connectivity index (χ2n) is 7.57. The summed E-state index contributed by atoms with van der Waals surface area (Å²) in [6.07, 6.45) is 4.52. The maximum Gasteiger partial charge on any atom is 1.00 e. The van der Waals surface area contributed by atoms with Crippen molar-refractivity contribution in [2.45, 2.75) is 25.0 Å². The van der Waals surface area contributed by atoms with Gasteiger partial charge in [-0.05, 0) is 22.8 Å². The summed E-state index contributed by atoms with van der Waals surface area (Å²) in [5, 5.41) is 8.30. The predicted molar refractivity (Wildman–Crippen MR) is 114 cm³/mol. The zero-order valence-corrected chi connectivity index (χ0v) is 24.5. The molecule has 0 bridgehead atoms. The Morgan fingerprint density at radius 2 is 1.71 bits per heavy atom. The van der Waals surface area contributed by atoms with Gasteiger partial charge in [-0.15, -0.1) is 0 Å². The molecule has 2 heterocycles. The predicted octanol–water partition coefficient (Wildman–Crippen LogP) is -3.77. The van der Waals surface area contributed by atoms with E-state index in [1.165, 1.54) is 17.3 Å². The first-order valence-corrected chi connectivity index (χ1v) is 11.4. The van der Waals surface area contributed by atoms with E-state index in [9.17, 15) is 14.4 Å². The van der Waals surface area contributed by atoms with Gasteiger partial charge in [-0.3, -0.25) is 4.68 Å². The van der Waals surface area contributed by atoms with Gasteiger partial charge in [-0.1, -0.05) is 61.5 Å². The van der Waals surface area contributed by atoms with Gasteiger partial charge in [0.2, 0.25) is 0 Å². The van der Waals surface area contributed by atoms with Crippen LogP contribution in [0.2, 0.25) is 0 Å². The number of hydrogen-bond acceptors (Lipinski definition) is 7. The van der Waals surface area contributed by atoms with Crippen LogP contribution in [-0.4, -0.2) is 24.5 Å². The number of nitrogens with zero attached hydrogens (tertiary/aromatic N) is 5. The number of phosphoric acid groups is 1. The molecule has 2 aromatic carbocycles. The molecule has 0 aliphatic heterocycles. The van der Waals surface area contributed by atoms with Gasteiger partial charge in [0.15, 0.2) is 0 Å². The normalized spacial score (nSPS) is 13.9. The van der Waals surface area contributed by atoms with E-state index < -0.39 is 19.3 Å². The third kappa shape index (κ3) is 6.56. The van der Waals surface area contributed by atoms with Crippen LogP contribution in [-0.2, 0) is 28.3 Å². The maximum atomic E-state index is 11.9. The molecule has 2 atom stereocenters. The van der Waals surface area contributed by atoms with Gasteiger partial charge in [0.05, 0.1) is 20.1 Å². The molecule has 4 aromatic rings. The van der Waals surface area contributed by atoms with E-state index in [2.05, 4.69) is 15.2 Å². The molecule has 9 nitrogen and oxygen atoms in total. The molecular weight excluding hydrogens is 475 g/mol. The molecule has 0 saturated heterocycles. The molecule has 0 fully saturated rings. The van der Waals surface area contributed by atoms with Crippen LogP contribution in [0.4, 0.5) is 0 Å². The van der Waals surface area contributed by atoms with Crippen LogP contribution in [0.3, 0.4) is 0 Å².